The van der Waals surface area contributed by atoms with Gasteiger partial charge in [-0.15, -0.1) is 0 Å². The van der Waals surface area contributed by atoms with Gasteiger partial charge in [0.05, 0.1) is 11.5 Å². The molecule has 0 saturated heterocycles. The van der Waals surface area contributed by atoms with Crippen LogP contribution in [0.2, 0.25) is 0 Å². The summed E-state index contributed by atoms with van der Waals surface area (Å²) < 4.78 is 30.8. The molecule has 0 spiro atoms. The number of hydrogen-bond donors (Lipinski definition) is 2. The molecular weight excluding hydrogens is 298 g/mol. The Morgan fingerprint density at radius 1 is 1.29 bits per heavy atom. The smallest absolute Gasteiger partial charge is 0.321 e. The molecule has 0 heterocycles. The third-order valence-corrected chi connectivity index (χ3v) is 4.08. The van der Waals surface area contributed by atoms with Crippen molar-refractivity contribution in [3.05, 3.63) is 30.3 Å². The van der Waals surface area contributed by atoms with Crippen LogP contribution < -0.4 is 4.72 Å². The quantitative estimate of drug-likeness (QED) is 0.685. The average Bonchev–Trinajstić information content (AvgIpc) is 2.44. The standard InChI is InChI=1S/C13H17NO6S/c1-2-20-12(15)9-8-11(13(16)17)14-21(18,19)10-6-4-3-5-7-10/h3-7,11,14H,2,8-9H2,1H3,(H,16,17)/t11-/m0/s1. The molecule has 0 saturated carbocycles. The summed E-state index contributed by atoms with van der Waals surface area (Å²) in [6.07, 6.45) is -0.359. The number of aliphatic carboxylic acids is 1. The Hall–Kier alpha value is -1.93. The Labute approximate surface area is 123 Å². The van der Waals surface area contributed by atoms with E-state index in [1.54, 1.807) is 13.0 Å². The molecule has 1 rings (SSSR count). The van der Waals surface area contributed by atoms with Gasteiger partial charge in [0.2, 0.25) is 10.0 Å². The molecule has 116 valence electrons. The minimum atomic E-state index is -3.95. The molecule has 0 aliphatic rings. The highest BCUT2D eigenvalue weighted by atomic mass is 32.2. The lowest BCUT2D eigenvalue weighted by Crippen LogP contribution is -2.41. The van der Waals surface area contributed by atoms with Gasteiger partial charge in [0.1, 0.15) is 6.04 Å². The van der Waals surface area contributed by atoms with E-state index in [0.717, 1.165) is 0 Å². The highest BCUT2D eigenvalue weighted by Gasteiger charge is 2.25. The Morgan fingerprint density at radius 3 is 2.43 bits per heavy atom. The first-order chi connectivity index (χ1) is 9.86. The molecular formula is C13H17NO6S. The van der Waals surface area contributed by atoms with Crippen LogP contribution in [-0.2, 0) is 24.3 Å². The molecule has 0 amide bonds. The summed E-state index contributed by atoms with van der Waals surface area (Å²) in [6, 6.07) is 6.03. The molecule has 8 heteroatoms. The minimum absolute atomic E-state index is 0.0348. The fraction of sp³-hybridized carbons (Fsp3) is 0.385. The van der Waals surface area contributed by atoms with E-state index in [-0.39, 0.29) is 24.3 Å². The van der Waals surface area contributed by atoms with Crippen LogP contribution in [0.15, 0.2) is 35.2 Å². The second-order valence-corrected chi connectivity index (χ2v) is 5.88. The van der Waals surface area contributed by atoms with Crippen molar-refractivity contribution in [1.82, 2.24) is 4.72 Å². The van der Waals surface area contributed by atoms with Crippen molar-refractivity contribution in [2.24, 2.45) is 0 Å². The van der Waals surface area contributed by atoms with Crippen LogP contribution in [0.3, 0.4) is 0 Å². The summed E-state index contributed by atoms with van der Waals surface area (Å²) in [5, 5.41) is 9.05. The maximum Gasteiger partial charge on any atom is 0.321 e. The maximum absolute atomic E-state index is 12.0. The summed E-state index contributed by atoms with van der Waals surface area (Å²) in [5.74, 6) is -1.92. The van der Waals surface area contributed by atoms with E-state index >= 15 is 0 Å². The van der Waals surface area contributed by atoms with Crippen LogP contribution in [0.5, 0.6) is 0 Å². The highest BCUT2D eigenvalue weighted by molar-refractivity contribution is 7.89. The number of carboxylic acids is 1. The monoisotopic (exact) mass is 315 g/mol. The van der Waals surface area contributed by atoms with E-state index in [4.69, 9.17) is 5.11 Å². The van der Waals surface area contributed by atoms with Gasteiger partial charge in [-0.1, -0.05) is 18.2 Å². The van der Waals surface area contributed by atoms with Gasteiger partial charge in [0, 0.05) is 6.42 Å². The van der Waals surface area contributed by atoms with E-state index in [1.807, 2.05) is 0 Å². The third kappa shape index (κ3) is 5.52. The summed E-state index contributed by atoms with van der Waals surface area (Å²) in [6.45, 7) is 1.82. The van der Waals surface area contributed by atoms with Crippen molar-refractivity contribution in [1.29, 1.82) is 0 Å². The third-order valence-electron chi connectivity index (χ3n) is 2.59. The molecule has 1 aromatic rings. The van der Waals surface area contributed by atoms with E-state index in [9.17, 15) is 18.0 Å². The van der Waals surface area contributed by atoms with E-state index < -0.39 is 28.0 Å². The molecule has 1 atom stereocenters. The van der Waals surface area contributed by atoms with Crippen molar-refractivity contribution < 1.29 is 27.9 Å². The molecule has 2 N–H and O–H groups in total. The molecule has 0 unspecified atom stereocenters. The second kappa shape index (κ2) is 7.75. The van der Waals surface area contributed by atoms with Gasteiger partial charge in [-0.2, -0.15) is 4.72 Å². The van der Waals surface area contributed by atoms with Crippen molar-refractivity contribution in [3.63, 3.8) is 0 Å². The predicted octanol–water partition coefficient (Wildman–Crippen LogP) is 0.761. The van der Waals surface area contributed by atoms with Crippen LogP contribution in [0.1, 0.15) is 19.8 Å². The zero-order valence-electron chi connectivity index (χ0n) is 11.5. The number of carboxylic acid groups (broad SMARTS) is 1. The summed E-state index contributed by atoms with van der Waals surface area (Å²) >= 11 is 0. The van der Waals surface area contributed by atoms with Crippen LogP contribution in [0.4, 0.5) is 0 Å². The number of carbonyl (C=O) groups is 2. The number of nitrogens with one attached hydrogen (secondary N) is 1. The second-order valence-electron chi connectivity index (χ2n) is 4.17. The van der Waals surface area contributed by atoms with Crippen LogP contribution in [0.25, 0.3) is 0 Å². The Morgan fingerprint density at radius 2 is 1.90 bits per heavy atom. The van der Waals surface area contributed by atoms with Crippen LogP contribution in [0, 0.1) is 0 Å². The topological polar surface area (TPSA) is 110 Å². The number of rotatable bonds is 8. The first kappa shape index (κ1) is 17.1. The predicted molar refractivity (Wildman–Crippen MR) is 74.1 cm³/mol. The lowest BCUT2D eigenvalue weighted by Gasteiger charge is -2.14. The van der Waals surface area contributed by atoms with E-state index in [2.05, 4.69) is 9.46 Å². The molecule has 0 aliphatic carbocycles. The first-order valence-corrected chi connectivity index (χ1v) is 7.81. The number of ether oxygens (including phenoxy) is 1. The number of hydrogen-bond acceptors (Lipinski definition) is 5. The van der Waals surface area contributed by atoms with E-state index in [0.29, 0.717) is 0 Å². The molecule has 0 bridgehead atoms. The molecule has 7 nitrogen and oxygen atoms in total. The van der Waals surface area contributed by atoms with Crippen molar-refractivity contribution in [2.45, 2.75) is 30.7 Å². The van der Waals surface area contributed by atoms with Gasteiger partial charge in [-0.25, -0.2) is 8.42 Å². The van der Waals surface area contributed by atoms with Gasteiger partial charge < -0.3 is 9.84 Å². The molecule has 0 radical (unpaired) electrons. The summed E-state index contributed by atoms with van der Waals surface area (Å²) in [7, 11) is -3.95. The Balaban J connectivity index is 2.75. The SMILES string of the molecule is CCOC(=O)CC[C@H](NS(=O)(=O)c1ccccc1)C(=O)O. The lowest BCUT2D eigenvalue weighted by atomic mass is 10.2. The Kier molecular flexibility index (Phi) is 6.32. The zero-order chi connectivity index (χ0) is 15.9. The molecule has 21 heavy (non-hydrogen) atoms. The number of esters is 1. The minimum Gasteiger partial charge on any atom is -0.480 e. The van der Waals surface area contributed by atoms with Gasteiger partial charge in [0.15, 0.2) is 0 Å². The number of carbonyl (C=O) groups excluding carboxylic acids is 1. The number of sulfonamides is 1. The van der Waals surface area contributed by atoms with Crippen molar-refractivity contribution in [2.75, 3.05) is 6.61 Å². The normalized spacial score (nSPS) is 12.6. The van der Waals surface area contributed by atoms with Crippen molar-refractivity contribution in [3.8, 4) is 0 Å². The van der Waals surface area contributed by atoms with Crippen LogP contribution in [-0.4, -0.2) is 38.1 Å². The van der Waals surface area contributed by atoms with Gasteiger partial charge in [-0.05, 0) is 25.5 Å². The fourth-order valence-electron chi connectivity index (χ4n) is 1.58. The van der Waals surface area contributed by atoms with Crippen molar-refractivity contribution >= 4 is 22.0 Å². The molecule has 0 aromatic heterocycles. The average molecular weight is 315 g/mol. The van der Waals surface area contributed by atoms with E-state index in [1.165, 1.54) is 24.3 Å². The summed E-state index contributed by atoms with van der Waals surface area (Å²) in [5.41, 5.74) is 0. The number of benzene rings is 1. The Bertz CT molecular complexity index is 584. The highest BCUT2D eigenvalue weighted by Crippen LogP contribution is 2.10. The maximum atomic E-state index is 12.0. The van der Waals surface area contributed by atoms with Gasteiger partial charge in [-0.3, -0.25) is 9.59 Å². The summed E-state index contributed by atoms with van der Waals surface area (Å²) in [4.78, 5) is 22.3. The largest absolute Gasteiger partial charge is 0.480 e. The molecule has 0 aliphatic heterocycles. The zero-order valence-corrected chi connectivity index (χ0v) is 12.3. The molecule has 0 fully saturated rings. The fourth-order valence-corrected chi connectivity index (χ4v) is 2.83. The van der Waals surface area contributed by atoms with Gasteiger partial charge in [0.25, 0.3) is 0 Å². The molecule has 1 aromatic carbocycles. The first-order valence-electron chi connectivity index (χ1n) is 6.32. The van der Waals surface area contributed by atoms with Crippen LogP contribution >= 0.6 is 0 Å². The van der Waals surface area contributed by atoms with Gasteiger partial charge >= 0.3 is 11.9 Å². The lowest BCUT2D eigenvalue weighted by molar-refractivity contribution is -0.144.